The van der Waals surface area contributed by atoms with Crippen molar-refractivity contribution in [2.75, 3.05) is 27.4 Å². The third-order valence-electron chi connectivity index (χ3n) is 9.28. The van der Waals surface area contributed by atoms with Gasteiger partial charge < -0.3 is 28.4 Å². The van der Waals surface area contributed by atoms with Gasteiger partial charge in [0.05, 0.1) is 38.6 Å². The lowest BCUT2D eigenvalue weighted by Crippen LogP contribution is -2.54. The van der Waals surface area contributed by atoms with Gasteiger partial charge in [-0.25, -0.2) is 0 Å². The van der Waals surface area contributed by atoms with Crippen LogP contribution >= 0.6 is 0 Å². The largest absolute Gasteiger partial charge is 0.497 e. The minimum Gasteiger partial charge on any atom is -0.497 e. The molecule has 0 amide bonds. The van der Waals surface area contributed by atoms with Crippen LogP contribution in [-0.2, 0) is 19.1 Å². The topological polar surface area (TPSA) is 89.5 Å². The molecule has 0 saturated heterocycles. The summed E-state index contributed by atoms with van der Waals surface area (Å²) in [5.41, 5.74) is 0.958. The molecule has 0 aromatic heterocycles. The summed E-state index contributed by atoms with van der Waals surface area (Å²) >= 11 is 0. The van der Waals surface area contributed by atoms with Gasteiger partial charge in [-0.05, 0) is 39.8 Å². The van der Waals surface area contributed by atoms with Gasteiger partial charge in [-0.15, -0.1) is 0 Å². The van der Waals surface area contributed by atoms with Crippen LogP contribution in [0, 0.1) is 11.8 Å². The summed E-state index contributed by atoms with van der Waals surface area (Å²) in [6.45, 7) is 8.68. The van der Waals surface area contributed by atoms with Gasteiger partial charge in [0, 0.05) is 46.9 Å². The minimum atomic E-state index is -0.703. The molecule has 4 atom stereocenters. The van der Waals surface area contributed by atoms with Crippen molar-refractivity contribution < 1.29 is 38.0 Å². The number of benzene rings is 2. The smallest absolute Gasteiger partial charge is 0.233 e. The van der Waals surface area contributed by atoms with Gasteiger partial charge in [-0.1, -0.05) is 12.1 Å². The summed E-state index contributed by atoms with van der Waals surface area (Å²) in [6.07, 6.45) is 0. The molecule has 0 bridgehead atoms. The zero-order chi connectivity index (χ0) is 28.1. The molecule has 4 heterocycles. The zero-order valence-electron chi connectivity index (χ0n) is 23.5. The Hall–Kier alpha value is -3.94. The van der Waals surface area contributed by atoms with Gasteiger partial charge in [0.25, 0.3) is 0 Å². The van der Waals surface area contributed by atoms with Crippen molar-refractivity contribution in [3.05, 3.63) is 70.2 Å². The highest BCUT2D eigenvalue weighted by Crippen LogP contribution is 2.59. The lowest BCUT2D eigenvalue weighted by Gasteiger charge is -2.53. The van der Waals surface area contributed by atoms with Gasteiger partial charge in [-0.2, -0.15) is 0 Å². The van der Waals surface area contributed by atoms with E-state index in [4.69, 9.17) is 28.4 Å². The van der Waals surface area contributed by atoms with Gasteiger partial charge in [0.1, 0.15) is 34.2 Å². The molecule has 8 heteroatoms. The van der Waals surface area contributed by atoms with Crippen molar-refractivity contribution in [3.8, 4) is 23.0 Å². The summed E-state index contributed by atoms with van der Waals surface area (Å²) in [5, 5.41) is 0. The highest BCUT2D eigenvalue weighted by molar-refractivity contribution is 6.51. The first kappa shape index (κ1) is 25.1. The first-order chi connectivity index (χ1) is 19.1. The lowest BCUT2D eigenvalue weighted by atomic mass is 9.63. The first-order valence-electron chi connectivity index (χ1n) is 13.6. The van der Waals surface area contributed by atoms with Crippen LogP contribution in [0.4, 0.5) is 0 Å². The maximum Gasteiger partial charge on any atom is 0.233 e. The number of rotatable bonds is 2. The van der Waals surface area contributed by atoms with E-state index in [1.54, 1.807) is 14.2 Å². The van der Waals surface area contributed by atoms with Crippen LogP contribution in [0.3, 0.4) is 0 Å². The highest BCUT2D eigenvalue weighted by atomic mass is 16.6. The van der Waals surface area contributed by atoms with Crippen LogP contribution in [0.5, 0.6) is 23.0 Å². The van der Waals surface area contributed by atoms with Crippen LogP contribution in [0.25, 0.3) is 0 Å². The fourth-order valence-corrected chi connectivity index (χ4v) is 7.09. The van der Waals surface area contributed by atoms with Crippen molar-refractivity contribution in [1.82, 2.24) is 0 Å². The third-order valence-corrected chi connectivity index (χ3v) is 9.28. The third kappa shape index (κ3) is 3.31. The summed E-state index contributed by atoms with van der Waals surface area (Å²) in [7, 11) is 3.20. The monoisotopic (exact) mass is 544 g/mol. The van der Waals surface area contributed by atoms with Crippen molar-refractivity contribution in [3.63, 3.8) is 0 Å². The normalized spacial score (nSPS) is 28.6. The Labute approximate surface area is 232 Å². The van der Waals surface area contributed by atoms with Gasteiger partial charge in [-0.3, -0.25) is 9.59 Å². The van der Waals surface area contributed by atoms with E-state index >= 15 is 0 Å². The van der Waals surface area contributed by atoms with Crippen molar-refractivity contribution in [1.29, 1.82) is 0 Å². The summed E-state index contributed by atoms with van der Waals surface area (Å²) in [6, 6.07) is 11.2. The quantitative estimate of drug-likeness (QED) is 0.391. The molecule has 0 radical (unpaired) electrons. The average Bonchev–Trinajstić information content (AvgIpc) is 2.94. The van der Waals surface area contributed by atoms with Gasteiger partial charge >= 0.3 is 0 Å². The second kappa shape index (κ2) is 8.29. The maximum absolute atomic E-state index is 14.2. The molecule has 208 valence electrons. The van der Waals surface area contributed by atoms with E-state index in [2.05, 4.69) is 0 Å². The van der Waals surface area contributed by atoms with Crippen molar-refractivity contribution in [2.45, 2.75) is 50.7 Å². The maximum atomic E-state index is 14.2. The van der Waals surface area contributed by atoms with E-state index in [1.165, 1.54) is 0 Å². The molecule has 5 aliphatic rings. The molecule has 2 aromatic carbocycles. The van der Waals surface area contributed by atoms with E-state index in [0.717, 1.165) is 11.1 Å². The molecule has 0 fully saturated rings. The summed E-state index contributed by atoms with van der Waals surface area (Å²) < 4.78 is 36.4. The number of fused-ring (bicyclic) bond motifs is 9. The summed E-state index contributed by atoms with van der Waals surface area (Å²) in [4.78, 5) is 28.3. The summed E-state index contributed by atoms with van der Waals surface area (Å²) in [5.74, 6) is 1.06. The van der Waals surface area contributed by atoms with Crippen molar-refractivity contribution in [2.24, 2.45) is 11.8 Å². The SMILES string of the molecule is COc1ccc2c(c1)OC[C@H]1[C@@H]2C2=C(OC1(C)C)C1=C(C(=O)C2=O)[C@H]2c3ccc(OC)cc3OC[C@H]2C(C)(C)O1. The first-order valence-corrected chi connectivity index (χ1v) is 13.6. The zero-order valence-corrected chi connectivity index (χ0v) is 23.5. The van der Waals surface area contributed by atoms with E-state index in [1.807, 2.05) is 64.1 Å². The Kier molecular flexibility index (Phi) is 5.19. The molecule has 7 rings (SSSR count). The standard InChI is InChI=1S/C32H32O8/c1-31(2)19-13-37-21-11-15(35-5)7-9-17(21)23(19)25-27(33)28(34)26-24-18-10-8-16(36-6)12-22(18)38-14-20(24)32(3,4)40-30(26)29(25)39-31/h7-12,19-20,23-24H,13-14H2,1-6H3/t19-,20+,23+,24-. The lowest BCUT2D eigenvalue weighted by molar-refractivity contribution is -0.140. The second-order valence-electron chi connectivity index (χ2n) is 12.2. The van der Waals surface area contributed by atoms with Crippen LogP contribution in [0.15, 0.2) is 59.1 Å². The van der Waals surface area contributed by atoms with Crippen LogP contribution in [-0.4, -0.2) is 50.2 Å². The Morgan fingerprint density at radius 2 is 1.07 bits per heavy atom. The molecular weight excluding hydrogens is 512 g/mol. The molecule has 0 spiro atoms. The Bertz CT molecular complexity index is 1430. The number of methoxy groups -OCH3 is 2. The van der Waals surface area contributed by atoms with E-state index in [-0.39, 0.29) is 11.8 Å². The molecule has 0 unspecified atom stereocenters. The average molecular weight is 545 g/mol. The molecule has 8 nitrogen and oxygen atoms in total. The molecule has 2 aromatic rings. The number of hydrogen-bond donors (Lipinski definition) is 0. The molecule has 0 saturated carbocycles. The van der Waals surface area contributed by atoms with Gasteiger partial charge in [0.15, 0.2) is 11.5 Å². The molecular formula is C32H32O8. The van der Waals surface area contributed by atoms with Gasteiger partial charge in [0.2, 0.25) is 11.6 Å². The Balaban J connectivity index is 1.47. The fraction of sp³-hybridized carbons (Fsp3) is 0.438. The van der Waals surface area contributed by atoms with Crippen molar-refractivity contribution >= 4 is 11.6 Å². The van der Waals surface area contributed by atoms with E-state index < -0.39 is 34.6 Å². The van der Waals surface area contributed by atoms with Crippen LogP contribution < -0.4 is 18.9 Å². The van der Waals surface area contributed by atoms with Crippen LogP contribution in [0.2, 0.25) is 0 Å². The fourth-order valence-electron chi connectivity index (χ4n) is 7.09. The number of carbonyl (C=O) groups is 2. The minimum absolute atomic E-state index is 0.188. The number of ketones is 2. The van der Waals surface area contributed by atoms with E-state index in [9.17, 15) is 9.59 Å². The molecule has 4 aliphatic heterocycles. The van der Waals surface area contributed by atoms with E-state index in [0.29, 0.717) is 58.9 Å². The predicted molar refractivity (Wildman–Crippen MR) is 144 cm³/mol. The second-order valence-corrected chi connectivity index (χ2v) is 12.2. The molecule has 40 heavy (non-hydrogen) atoms. The number of ether oxygens (including phenoxy) is 6. The highest BCUT2D eigenvalue weighted by Gasteiger charge is 2.59. The predicted octanol–water partition coefficient (Wildman–Crippen LogP) is 4.87. The number of Topliss-reactive ketones (excluding diaryl/α,β-unsaturated/α-hetero) is 2. The number of carbonyl (C=O) groups excluding carboxylic acids is 2. The van der Waals surface area contributed by atoms with Crippen LogP contribution in [0.1, 0.15) is 50.7 Å². The number of allylic oxidation sites excluding steroid dienone is 2. The molecule has 1 aliphatic carbocycles. The number of hydrogen-bond acceptors (Lipinski definition) is 8. The Morgan fingerprint density at radius 3 is 1.45 bits per heavy atom. The Morgan fingerprint density at radius 1 is 0.675 bits per heavy atom. The molecule has 0 N–H and O–H groups in total.